The molecule has 0 fully saturated rings. The Bertz CT molecular complexity index is 1230. The summed E-state index contributed by atoms with van der Waals surface area (Å²) >= 11 is 6.41. The Kier molecular flexibility index (Phi) is 6.59. The van der Waals surface area contributed by atoms with E-state index in [2.05, 4.69) is 4.85 Å². The number of nitrogens with zero attached hydrogens (tertiary/aromatic N) is 2. The Morgan fingerprint density at radius 1 is 1.12 bits per heavy atom. The number of rotatable bonds is 6. The average molecular weight is 467 g/mol. The van der Waals surface area contributed by atoms with Gasteiger partial charge in [-0.1, -0.05) is 30.3 Å². The van der Waals surface area contributed by atoms with Crippen molar-refractivity contribution in [2.24, 2.45) is 0 Å². The standard InChI is InChI=1S/C25H23ClN2O5/c1-27-22-12-10-19-20(11-13-23(29)31-3)33-24(16-6-5-7-21(30-2)25(16)32-4)17-14-15(26)8-9-18(17)28(19)22/h5-10,12,14,20,24H,11,13H2,2-4H3/t20-,24-/m1/s1. The van der Waals surface area contributed by atoms with Crippen molar-refractivity contribution in [1.82, 2.24) is 4.57 Å². The van der Waals surface area contributed by atoms with Crippen LogP contribution in [-0.4, -0.2) is 31.9 Å². The molecule has 1 aliphatic rings. The van der Waals surface area contributed by atoms with Crippen LogP contribution in [0.25, 0.3) is 10.5 Å². The summed E-state index contributed by atoms with van der Waals surface area (Å²) < 4.78 is 24.6. The second-order valence-electron chi connectivity index (χ2n) is 7.47. The molecule has 0 spiro atoms. The van der Waals surface area contributed by atoms with E-state index in [9.17, 15) is 4.79 Å². The molecule has 0 saturated carbocycles. The fourth-order valence-electron chi connectivity index (χ4n) is 4.21. The number of carbonyl (C=O) groups is 1. The van der Waals surface area contributed by atoms with Gasteiger partial charge < -0.3 is 23.8 Å². The first-order chi connectivity index (χ1) is 16.0. The Labute approximate surface area is 197 Å². The van der Waals surface area contributed by atoms with E-state index in [-0.39, 0.29) is 12.4 Å². The monoisotopic (exact) mass is 466 g/mol. The zero-order valence-electron chi connectivity index (χ0n) is 18.5. The molecule has 0 radical (unpaired) electrons. The van der Waals surface area contributed by atoms with E-state index in [4.69, 9.17) is 37.1 Å². The smallest absolute Gasteiger partial charge is 0.305 e. The van der Waals surface area contributed by atoms with Crippen molar-refractivity contribution in [2.75, 3.05) is 21.3 Å². The highest BCUT2D eigenvalue weighted by molar-refractivity contribution is 6.30. The SMILES string of the molecule is [C-]#[N+]c1ccc2n1-c1ccc(Cl)cc1[C@@H](c1cccc(OC)c1OC)O[C@@H]2CCC(=O)OC. The molecule has 2 aromatic carbocycles. The van der Waals surface area contributed by atoms with E-state index in [1.807, 2.05) is 41.0 Å². The van der Waals surface area contributed by atoms with E-state index in [0.717, 1.165) is 22.5 Å². The quantitative estimate of drug-likeness (QED) is 0.338. The number of ether oxygens (including phenoxy) is 4. The van der Waals surface area contributed by atoms with Crippen LogP contribution in [0.3, 0.4) is 0 Å². The van der Waals surface area contributed by atoms with Crippen molar-refractivity contribution in [3.63, 3.8) is 0 Å². The third-order valence-electron chi connectivity index (χ3n) is 5.70. The zero-order chi connectivity index (χ0) is 23.5. The number of benzene rings is 2. The highest BCUT2D eigenvalue weighted by atomic mass is 35.5. The molecule has 2 atom stereocenters. The van der Waals surface area contributed by atoms with E-state index in [0.29, 0.717) is 28.8 Å². The molecule has 2 heterocycles. The van der Waals surface area contributed by atoms with Crippen molar-refractivity contribution in [3.8, 4) is 17.2 Å². The summed E-state index contributed by atoms with van der Waals surface area (Å²) in [5.41, 5.74) is 3.08. The number of hydrogen-bond acceptors (Lipinski definition) is 5. The number of halogens is 1. The molecule has 0 saturated heterocycles. The number of fused-ring (bicyclic) bond motifs is 3. The van der Waals surface area contributed by atoms with Crippen LogP contribution in [0.1, 0.15) is 41.9 Å². The van der Waals surface area contributed by atoms with E-state index in [1.165, 1.54) is 7.11 Å². The zero-order valence-corrected chi connectivity index (χ0v) is 19.3. The number of para-hydroxylation sites is 1. The van der Waals surface area contributed by atoms with Gasteiger partial charge in [-0.2, -0.15) is 0 Å². The molecule has 7 nitrogen and oxygen atoms in total. The second kappa shape index (κ2) is 9.57. The number of aromatic nitrogens is 1. The molecule has 0 aliphatic carbocycles. The topological polar surface area (TPSA) is 63.3 Å². The van der Waals surface area contributed by atoms with Crippen molar-refractivity contribution in [2.45, 2.75) is 25.0 Å². The van der Waals surface area contributed by atoms with Crippen LogP contribution < -0.4 is 9.47 Å². The summed E-state index contributed by atoms with van der Waals surface area (Å²) in [7, 11) is 4.51. The Hall–Kier alpha value is -3.47. The first-order valence-corrected chi connectivity index (χ1v) is 10.7. The molecule has 33 heavy (non-hydrogen) atoms. The minimum atomic E-state index is -0.593. The maximum Gasteiger partial charge on any atom is 0.305 e. The lowest BCUT2D eigenvalue weighted by Crippen LogP contribution is -2.13. The predicted molar refractivity (Wildman–Crippen MR) is 124 cm³/mol. The van der Waals surface area contributed by atoms with Crippen LogP contribution in [-0.2, 0) is 14.3 Å². The molecule has 1 aromatic heterocycles. The summed E-state index contributed by atoms with van der Waals surface area (Å²) in [5.74, 6) is 1.22. The summed E-state index contributed by atoms with van der Waals surface area (Å²) in [4.78, 5) is 15.6. The van der Waals surface area contributed by atoms with Gasteiger partial charge in [0.1, 0.15) is 23.6 Å². The van der Waals surface area contributed by atoms with E-state index >= 15 is 0 Å². The van der Waals surface area contributed by atoms with E-state index in [1.54, 1.807) is 26.4 Å². The third kappa shape index (κ3) is 4.15. The molecule has 170 valence electrons. The molecule has 3 aromatic rings. The summed E-state index contributed by atoms with van der Waals surface area (Å²) in [6.07, 6.45) is -0.547. The number of carbonyl (C=O) groups excluding carboxylic acids is 1. The van der Waals surface area contributed by atoms with Crippen LogP contribution in [0.5, 0.6) is 11.5 Å². The Morgan fingerprint density at radius 2 is 1.94 bits per heavy atom. The molecule has 4 rings (SSSR count). The molecular weight excluding hydrogens is 444 g/mol. The Morgan fingerprint density at radius 3 is 2.64 bits per heavy atom. The maximum absolute atomic E-state index is 11.9. The lowest BCUT2D eigenvalue weighted by molar-refractivity contribution is -0.141. The first-order valence-electron chi connectivity index (χ1n) is 10.3. The largest absolute Gasteiger partial charge is 0.493 e. The molecule has 0 bridgehead atoms. The van der Waals surface area contributed by atoms with Gasteiger partial charge in [0.05, 0.1) is 21.3 Å². The van der Waals surface area contributed by atoms with Crippen LogP contribution in [0.4, 0.5) is 5.82 Å². The molecule has 0 amide bonds. The van der Waals surface area contributed by atoms with Crippen LogP contribution >= 0.6 is 11.6 Å². The summed E-state index contributed by atoms with van der Waals surface area (Å²) in [5, 5.41) is 0.537. The fourth-order valence-corrected chi connectivity index (χ4v) is 4.40. The van der Waals surface area contributed by atoms with Crippen LogP contribution in [0.15, 0.2) is 48.5 Å². The van der Waals surface area contributed by atoms with Crippen molar-refractivity contribution in [3.05, 3.63) is 81.8 Å². The average Bonchev–Trinajstić information content (AvgIpc) is 3.21. The predicted octanol–water partition coefficient (Wildman–Crippen LogP) is 5.81. The van der Waals surface area contributed by atoms with Gasteiger partial charge in [0, 0.05) is 22.6 Å². The normalized spacial score (nSPS) is 16.7. The molecule has 0 unspecified atom stereocenters. The summed E-state index contributed by atoms with van der Waals surface area (Å²) in [6.45, 7) is 7.68. The fraction of sp³-hybridized carbons (Fsp3) is 0.280. The first kappa shape index (κ1) is 22.7. The number of hydrogen-bond donors (Lipinski definition) is 0. The van der Waals surface area contributed by atoms with Gasteiger partial charge >= 0.3 is 5.97 Å². The van der Waals surface area contributed by atoms with Gasteiger partial charge in [0.15, 0.2) is 11.5 Å². The third-order valence-corrected chi connectivity index (χ3v) is 5.94. The minimum absolute atomic E-state index is 0.165. The lowest BCUT2D eigenvalue weighted by Gasteiger charge is -2.24. The molecule has 8 heteroatoms. The summed E-state index contributed by atoms with van der Waals surface area (Å²) in [6, 6.07) is 14.7. The van der Waals surface area contributed by atoms with Gasteiger partial charge in [-0.3, -0.25) is 9.36 Å². The molecular formula is C25H23ClN2O5. The van der Waals surface area contributed by atoms with Crippen LogP contribution in [0.2, 0.25) is 5.02 Å². The number of esters is 1. The van der Waals surface area contributed by atoms with Gasteiger partial charge in [-0.15, -0.1) is 0 Å². The van der Waals surface area contributed by atoms with Gasteiger partial charge in [0.25, 0.3) is 0 Å². The molecule has 1 aliphatic heterocycles. The second-order valence-corrected chi connectivity index (χ2v) is 7.91. The van der Waals surface area contributed by atoms with Gasteiger partial charge in [0.2, 0.25) is 5.82 Å². The van der Waals surface area contributed by atoms with E-state index < -0.39 is 12.2 Å². The van der Waals surface area contributed by atoms with Gasteiger partial charge in [-0.05, 0) is 42.8 Å². The van der Waals surface area contributed by atoms with Crippen molar-refractivity contribution >= 4 is 23.4 Å². The van der Waals surface area contributed by atoms with Crippen molar-refractivity contribution in [1.29, 1.82) is 0 Å². The lowest BCUT2D eigenvalue weighted by atomic mass is 9.98. The number of methoxy groups -OCH3 is 3. The minimum Gasteiger partial charge on any atom is -0.493 e. The maximum atomic E-state index is 11.9. The molecule has 0 N–H and O–H groups in total. The Balaban J connectivity index is 1.95. The highest BCUT2D eigenvalue weighted by Gasteiger charge is 2.36. The van der Waals surface area contributed by atoms with Crippen LogP contribution in [0, 0.1) is 6.57 Å². The van der Waals surface area contributed by atoms with Gasteiger partial charge in [-0.25, -0.2) is 0 Å². The highest BCUT2D eigenvalue weighted by Crippen LogP contribution is 2.47. The van der Waals surface area contributed by atoms with Crippen molar-refractivity contribution < 1.29 is 23.7 Å².